The van der Waals surface area contributed by atoms with E-state index in [9.17, 15) is 0 Å². The standard InChI is InChI=1S/C13H23ClN2/c1-12(9-14)10-16-8-7-15-11-13(16)5-3-2-4-6-13/h9,15H,2-8,10-11H2,1H3. The van der Waals surface area contributed by atoms with Crippen molar-refractivity contribution >= 4 is 11.6 Å². The van der Waals surface area contributed by atoms with Crippen LogP contribution < -0.4 is 5.32 Å². The Morgan fingerprint density at radius 3 is 2.81 bits per heavy atom. The molecular formula is C13H23ClN2. The van der Waals surface area contributed by atoms with E-state index in [1.165, 1.54) is 50.8 Å². The van der Waals surface area contributed by atoms with Gasteiger partial charge in [0.15, 0.2) is 0 Å². The number of hydrogen-bond acceptors (Lipinski definition) is 2. The van der Waals surface area contributed by atoms with Gasteiger partial charge >= 0.3 is 0 Å². The Labute approximate surface area is 104 Å². The first kappa shape index (κ1) is 12.4. The molecule has 16 heavy (non-hydrogen) atoms. The van der Waals surface area contributed by atoms with Crippen molar-refractivity contribution in [1.29, 1.82) is 0 Å². The zero-order valence-corrected chi connectivity index (χ0v) is 11.0. The molecule has 0 amide bonds. The number of nitrogens with zero attached hydrogens (tertiary/aromatic N) is 1. The quantitative estimate of drug-likeness (QED) is 0.801. The van der Waals surface area contributed by atoms with Crippen molar-refractivity contribution in [3.05, 3.63) is 11.1 Å². The molecule has 1 spiro atoms. The topological polar surface area (TPSA) is 15.3 Å². The third-order valence-electron chi connectivity index (χ3n) is 4.09. The predicted octanol–water partition coefficient (Wildman–Crippen LogP) is 2.74. The molecule has 1 aliphatic carbocycles. The monoisotopic (exact) mass is 242 g/mol. The third-order valence-corrected chi connectivity index (χ3v) is 4.47. The molecule has 0 atom stereocenters. The first-order chi connectivity index (χ1) is 7.77. The van der Waals surface area contributed by atoms with Gasteiger partial charge in [-0.1, -0.05) is 30.9 Å². The van der Waals surface area contributed by atoms with Gasteiger partial charge in [0.25, 0.3) is 0 Å². The number of nitrogens with one attached hydrogen (secondary N) is 1. The Morgan fingerprint density at radius 1 is 1.38 bits per heavy atom. The van der Waals surface area contributed by atoms with Gasteiger partial charge in [-0.15, -0.1) is 0 Å². The number of piperazine rings is 1. The maximum Gasteiger partial charge on any atom is 0.0337 e. The van der Waals surface area contributed by atoms with Gasteiger partial charge in [-0.25, -0.2) is 0 Å². The molecule has 0 aromatic heterocycles. The molecule has 3 heteroatoms. The summed E-state index contributed by atoms with van der Waals surface area (Å²) >= 11 is 5.79. The number of hydrogen-bond donors (Lipinski definition) is 1. The Bertz CT molecular complexity index is 248. The molecule has 92 valence electrons. The molecule has 1 aliphatic heterocycles. The Balaban J connectivity index is 2.06. The predicted molar refractivity (Wildman–Crippen MR) is 69.9 cm³/mol. The maximum atomic E-state index is 5.79. The maximum absolute atomic E-state index is 5.79. The fourth-order valence-electron chi connectivity index (χ4n) is 3.17. The molecular weight excluding hydrogens is 220 g/mol. The lowest BCUT2D eigenvalue weighted by Crippen LogP contribution is -2.62. The fraction of sp³-hybridized carbons (Fsp3) is 0.846. The average Bonchev–Trinajstić information content (AvgIpc) is 2.33. The Kier molecular flexibility index (Phi) is 4.28. The van der Waals surface area contributed by atoms with Crippen molar-refractivity contribution < 1.29 is 0 Å². The van der Waals surface area contributed by atoms with Gasteiger partial charge in [-0.05, 0) is 25.3 Å². The summed E-state index contributed by atoms with van der Waals surface area (Å²) in [6, 6.07) is 0. The van der Waals surface area contributed by atoms with Crippen LogP contribution in [-0.4, -0.2) is 36.6 Å². The summed E-state index contributed by atoms with van der Waals surface area (Å²) < 4.78 is 0. The van der Waals surface area contributed by atoms with Gasteiger partial charge in [0.05, 0.1) is 0 Å². The highest BCUT2D eigenvalue weighted by atomic mass is 35.5. The zero-order valence-electron chi connectivity index (χ0n) is 10.3. The summed E-state index contributed by atoms with van der Waals surface area (Å²) in [7, 11) is 0. The van der Waals surface area contributed by atoms with Crippen LogP contribution in [0, 0.1) is 0 Å². The van der Waals surface area contributed by atoms with E-state index in [1.807, 2.05) is 0 Å². The van der Waals surface area contributed by atoms with E-state index in [-0.39, 0.29) is 0 Å². The van der Waals surface area contributed by atoms with Crippen molar-refractivity contribution in [1.82, 2.24) is 10.2 Å². The molecule has 0 radical (unpaired) electrons. The second-order valence-electron chi connectivity index (χ2n) is 5.34. The molecule has 0 aromatic carbocycles. The first-order valence-electron chi connectivity index (χ1n) is 6.48. The third kappa shape index (κ3) is 2.61. The van der Waals surface area contributed by atoms with Crippen LogP contribution >= 0.6 is 11.6 Å². The molecule has 0 unspecified atom stereocenters. The van der Waals surface area contributed by atoms with Crippen molar-refractivity contribution in [2.45, 2.75) is 44.6 Å². The van der Waals surface area contributed by atoms with E-state index in [4.69, 9.17) is 11.6 Å². The van der Waals surface area contributed by atoms with Crippen LogP contribution in [0.15, 0.2) is 11.1 Å². The summed E-state index contributed by atoms with van der Waals surface area (Å²) in [4.78, 5) is 2.66. The second-order valence-corrected chi connectivity index (χ2v) is 5.56. The lowest BCUT2D eigenvalue weighted by molar-refractivity contribution is 0.0357. The molecule has 2 rings (SSSR count). The lowest BCUT2D eigenvalue weighted by atomic mass is 9.79. The molecule has 0 aromatic rings. The summed E-state index contributed by atoms with van der Waals surface area (Å²) in [5.41, 5.74) is 3.45. The van der Waals surface area contributed by atoms with Gasteiger partial charge < -0.3 is 5.32 Å². The minimum absolute atomic E-state index is 0.428. The molecule has 1 saturated carbocycles. The van der Waals surface area contributed by atoms with Gasteiger partial charge in [-0.2, -0.15) is 0 Å². The first-order valence-corrected chi connectivity index (χ1v) is 6.92. The van der Waals surface area contributed by atoms with Crippen LogP contribution in [0.1, 0.15) is 39.0 Å². The lowest BCUT2D eigenvalue weighted by Gasteiger charge is -2.50. The number of halogens is 1. The summed E-state index contributed by atoms with van der Waals surface area (Å²) in [5, 5.41) is 3.57. The van der Waals surface area contributed by atoms with E-state index < -0.39 is 0 Å². The minimum Gasteiger partial charge on any atom is -0.314 e. The van der Waals surface area contributed by atoms with E-state index in [0.29, 0.717) is 5.54 Å². The van der Waals surface area contributed by atoms with Crippen molar-refractivity contribution in [3.8, 4) is 0 Å². The summed E-state index contributed by atoms with van der Waals surface area (Å²) in [5.74, 6) is 0. The van der Waals surface area contributed by atoms with Crippen LogP contribution in [0.2, 0.25) is 0 Å². The van der Waals surface area contributed by atoms with E-state index >= 15 is 0 Å². The highest BCUT2D eigenvalue weighted by Crippen LogP contribution is 2.34. The van der Waals surface area contributed by atoms with Gasteiger partial charge in [0.1, 0.15) is 0 Å². The second kappa shape index (κ2) is 5.52. The SMILES string of the molecule is CC(=CCl)CN1CCNCC12CCCCC2. The highest BCUT2D eigenvalue weighted by Gasteiger charge is 2.39. The van der Waals surface area contributed by atoms with Crippen LogP contribution in [0.3, 0.4) is 0 Å². The number of rotatable bonds is 2. The van der Waals surface area contributed by atoms with Gasteiger partial charge in [-0.3, -0.25) is 4.90 Å². The van der Waals surface area contributed by atoms with E-state index in [0.717, 1.165) is 13.1 Å². The van der Waals surface area contributed by atoms with Crippen LogP contribution in [0.5, 0.6) is 0 Å². The molecule has 2 nitrogen and oxygen atoms in total. The Hall–Kier alpha value is -0.0500. The van der Waals surface area contributed by atoms with Crippen LogP contribution in [0.25, 0.3) is 0 Å². The normalized spacial score (nSPS) is 27.2. The van der Waals surface area contributed by atoms with Crippen molar-refractivity contribution in [3.63, 3.8) is 0 Å². The zero-order chi connectivity index (χ0) is 11.4. The molecule has 2 fully saturated rings. The van der Waals surface area contributed by atoms with Crippen molar-refractivity contribution in [2.75, 3.05) is 26.2 Å². The fourth-order valence-corrected chi connectivity index (χ4v) is 3.24. The molecule has 1 N–H and O–H groups in total. The van der Waals surface area contributed by atoms with Gasteiger partial charge in [0.2, 0.25) is 0 Å². The van der Waals surface area contributed by atoms with Crippen molar-refractivity contribution in [2.24, 2.45) is 0 Å². The van der Waals surface area contributed by atoms with Crippen LogP contribution in [0.4, 0.5) is 0 Å². The van der Waals surface area contributed by atoms with Gasteiger partial charge in [0, 0.05) is 37.3 Å². The minimum atomic E-state index is 0.428. The Morgan fingerprint density at radius 2 is 2.12 bits per heavy atom. The average molecular weight is 243 g/mol. The smallest absolute Gasteiger partial charge is 0.0337 e. The summed E-state index contributed by atoms with van der Waals surface area (Å²) in [6.07, 6.45) is 6.91. The summed E-state index contributed by atoms with van der Waals surface area (Å²) in [6.45, 7) is 6.64. The van der Waals surface area contributed by atoms with E-state index in [2.05, 4.69) is 17.1 Å². The van der Waals surface area contributed by atoms with Crippen LogP contribution in [-0.2, 0) is 0 Å². The highest BCUT2D eigenvalue weighted by molar-refractivity contribution is 6.25. The molecule has 0 bridgehead atoms. The molecule has 1 saturated heterocycles. The largest absolute Gasteiger partial charge is 0.314 e. The molecule has 1 heterocycles. The van der Waals surface area contributed by atoms with E-state index in [1.54, 1.807) is 5.54 Å². The molecule has 2 aliphatic rings.